The fourth-order valence-electron chi connectivity index (χ4n) is 3.57. The molecule has 1 amide bonds. The molecule has 1 saturated heterocycles. The van der Waals surface area contributed by atoms with Crippen LogP contribution in [0.3, 0.4) is 0 Å². The summed E-state index contributed by atoms with van der Waals surface area (Å²) in [4.78, 5) is 15.0. The Hall–Kier alpha value is -0.900. The molecule has 0 spiro atoms. The van der Waals surface area contributed by atoms with Gasteiger partial charge in [0.2, 0.25) is 10.0 Å². The first-order valence-corrected chi connectivity index (χ1v) is 12.3. The lowest BCUT2D eigenvalue weighted by Gasteiger charge is -2.45. The van der Waals surface area contributed by atoms with E-state index in [0.717, 1.165) is 25.9 Å². The molecular formula is C20H29Cl2N3O4S. The number of nitrogens with one attached hydrogen (secondary N) is 2. The van der Waals surface area contributed by atoms with Gasteiger partial charge in [0.15, 0.2) is 0 Å². The molecule has 1 aliphatic heterocycles. The van der Waals surface area contributed by atoms with Crippen LogP contribution >= 0.6 is 23.2 Å². The first-order valence-electron chi connectivity index (χ1n) is 10.1. The second kappa shape index (κ2) is 8.92. The highest BCUT2D eigenvalue weighted by atomic mass is 35.5. The highest BCUT2D eigenvalue weighted by Crippen LogP contribution is 2.31. The third-order valence-electron chi connectivity index (χ3n) is 5.41. The van der Waals surface area contributed by atoms with Crippen molar-refractivity contribution >= 4 is 39.1 Å². The van der Waals surface area contributed by atoms with Crippen LogP contribution in [0.15, 0.2) is 17.0 Å². The average Bonchev–Trinajstić information content (AvgIpc) is 3.42. The van der Waals surface area contributed by atoms with Gasteiger partial charge in [-0.15, -0.1) is 0 Å². The zero-order valence-electron chi connectivity index (χ0n) is 17.7. The van der Waals surface area contributed by atoms with E-state index in [2.05, 4.69) is 28.8 Å². The molecule has 2 fully saturated rings. The molecule has 2 N–H and O–H groups in total. The topological polar surface area (TPSA) is 87.7 Å². The molecule has 168 valence electrons. The van der Waals surface area contributed by atoms with Crippen molar-refractivity contribution < 1.29 is 17.9 Å². The largest absolute Gasteiger partial charge is 0.373 e. The van der Waals surface area contributed by atoms with Gasteiger partial charge in [0.25, 0.3) is 5.91 Å². The molecule has 2 aliphatic rings. The minimum Gasteiger partial charge on any atom is -0.373 e. The third kappa shape index (κ3) is 5.66. The monoisotopic (exact) mass is 477 g/mol. The van der Waals surface area contributed by atoms with Gasteiger partial charge < -0.3 is 10.1 Å². The van der Waals surface area contributed by atoms with Crippen LogP contribution in [0, 0.1) is 0 Å². The van der Waals surface area contributed by atoms with Crippen molar-refractivity contribution in [1.82, 2.24) is 14.9 Å². The lowest BCUT2D eigenvalue weighted by molar-refractivity contribution is -0.0948. The number of hydrogen-bond donors (Lipinski definition) is 2. The zero-order valence-corrected chi connectivity index (χ0v) is 20.0. The fraction of sp³-hybridized carbons (Fsp3) is 0.650. The Morgan fingerprint density at radius 2 is 1.77 bits per heavy atom. The Labute approximate surface area is 188 Å². The summed E-state index contributed by atoms with van der Waals surface area (Å²) in [5.41, 5.74) is -0.236. The number of morpholine rings is 1. The van der Waals surface area contributed by atoms with Gasteiger partial charge in [-0.1, -0.05) is 23.2 Å². The van der Waals surface area contributed by atoms with Crippen molar-refractivity contribution in [2.24, 2.45) is 0 Å². The van der Waals surface area contributed by atoms with Crippen molar-refractivity contribution in [2.45, 2.75) is 69.2 Å². The standard InChI is InChI=1S/C20H29Cl2N3O4S/c1-12-9-25(10-13(2)29-12)20(3,4)11-23-19(26)15-7-18(17(22)8-16(15)21)30(27,28)24-14-5-6-14/h7-8,12-14,24H,5-6,9-11H2,1-4H3,(H,23,26). The van der Waals surface area contributed by atoms with Crippen molar-refractivity contribution in [1.29, 1.82) is 0 Å². The lowest BCUT2D eigenvalue weighted by Crippen LogP contribution is -2.58. The number of sulfonamides is 1. The molecule has 3 rings (SSSR count). The number of carbonyl (C=O) groups excluding carboxylic acids is 1. The van der Waals surface area contributed by atoms with E-state index < -0.39 is 15.9 Å². The normalized spacial score (nSPS) is 23.4. The van der Waals surface area contributed by atoms with Crippen LogP contribution in [0.1, 0.15) is 50.9 Å². The van der Waals surface area contributed by atoms with Crippen LogP contribution < -0.4 is 10.0 Å². The maximum Gasteiger partial charge on any atom is 0.252 e. The summed E-state index contributed by atoms with van der Waals surface area (Å²) in [6.07, 6.45) is 1.82. The molecule has 2 atom stereocenters. The van der Waals surface area contributed by atoms with E-state index in [1.54, 1.807) is 0 Å². The average molecular weight is 478 g/mol. The van der Waals surface area contributed by atoms with Gasteiger partial charge >= 0.3 is 0 Å². The number of hydrogen-bond acceptors (Lipinski definition) is 5. The molecule has 0 radical (unpaired) electrons. The molecule has 1 heterocycles. The molecular weight excluding hydrogens is 449 g/mol. The molecule has 1 aromatic carbocycles. The smallest absolute Gasteiger partial charge is 0.252 e. The van der Waals surface area contributed by atoms with Crippen LogP contribution in [-0.2, 0) is 14.8 Å². The lowest BCUT2D eigenvalue weighted by atomic mass is 10.00. The first-order chi connectivity index (χ1) is 13.9. The second-order valence-corrected chi connectivity index (χ2v) is 11.3. The molecule has 1 saturated carbocycles. The maximum absolute atomic E-state index is 12.9. The van der Waals surface area contributed by atoms with Crippen LogP contribution in [0.2, 0.25) is 10.0 Å². The first kappa shape index (κ1) is 23.8. The maximum atomic E-state index is 12.9. The molecule has 0 aromatic heterocycles. The molecule has 30 heavy (non-hydrogen) atoms. The van der Waals surface area contributed by atoms with E-state index in [-0.39, 0.29) is 44.3 Å². The van der Waals surface area contributed by atoms with Gasteiger partial charge in [-0.2, -0.15) is 0 Å². The minimum atomic E-state index is -3.82. The summed E-state index contributed by atoms with van der Waals surface area (Å²) in [6.45, 7) is 10.1. The molecule has 0 bridgehead atoms. The van der Waals surface area contributed by atoms with Gasteiger partial charge in [-0.25, -0.2) is 13.1 Å². The second-order valence-electron chi connectivity index (χ2n) is 8.82. The van der Waals surface area contributed by atoms with E-state index in [4.69, 9.17) is 27.9 Å². The Morgan fingerprint density at radius 3 is 2.33 bits per heavy atom. The summed E-state index contributed by atoms with van der Waals surface area (Å²) < 4.78 is 33.5. The number of ether oxygens (including phenoxy) is 1. The summed E-state index contributed by atoms with van der Waals surface area (Å²) in [5.74, 6) is -0.443. The van der Waals surface area contributed by atoms with Crippen molar-refractivity contribution in [3.8, 4) is 0 Å². The van der Waals surface area contributed by atoms with Crippen LogP contribution in [0.5, 0.6) is 0 Å². The van der Waals surface area contributed by atoms with Crippen LogP contribution in [0.25, 0.3) is 0 Å². The number of halogens is 2. The predicted molar refractivity (Wildman–Crippen MR) is 118 cm³/mol. The Morgan fingerprint density at radius 1 is 1.17 bits per heavy atom. The molecule has 2 unspecified atom stereocenters. The highest BCUT2D eigenvalue weighted by molar-refractivity contribution is 7.89. The SMILES string of the molecule is CC1CN(C(C)(C)CNC(=O)c2cc(S(=O)(=O)NC3CC3)c(Cl)cc2Cl)CC(C)O1. The number of rotatable bonds is 7. The van der Waals surface area contributed by atoms with E-state index in [9.17, 15) is 13.2 Å². The molecule has 10 heteroatoms. The quantitative estimate of drug-likeness (QED) is 0.629. The van der Waals surface area contributed by atoms with Crippen molar-refractivity contribution in [3.63, 3.8) is 0 Å². The van der Waals surface area contributed by atoms with E-state index in [1.807, 2.05) is 13.8 Å². The van der Waals surface area contributed by atoms with E-state index in [1.165, 1.54) is 12.1 Å². The fourth-order valence-corrected chi connectivity index (χ4v) is 5.73. The Kier molecular flexibility index (Phi) is 7.06. The van der Waals surface area contributed by atoms with E-state index in [0.29, 0.717) is 6.54 Å². The summed E-state index contributed by atoms with van der Waals surface area (Å²) in [7, 11) is -3.82. The van der Waals surface area contributed by atoms with Crippen molar-refractivity contribution in [3.05, 3.63) is 27.7 Å². The third-order valence-corrected chi connectivity index (χ3v) is 7.71. The summed E-state index contributed by atoms with van der Waals surface area (Å²) in [5, 5.41) is 2.99. The Balaban J connectivity index is 1.74. The summed E-state index contributed by atoms with van der Waals surface area (Å²) >= 11 is 12.3. The van der Waals surface area contributed by atoms with Gasteiger partial charge in [0.1, 0.15) is 4.90 Å². The molecule has 1 aromatic rings. The van der Waals surface area contributed by atoms with Crippen LogP contribution in [0.4, 0.5) is 0 Å². The van der Waals surface area contributed by atoms with Gasteiger partial charge in [-0.05, 0) is 52.7 Å². The zero-order chi connectivity index (χ0) is 22.3. The van der Waals surface area contributed by atoms with E-state index >= 15 is 0 Å². The van der Waals surface area contributed by atoms with Crippen molar-refractivity contribution in [2.75, 3.05) is 19.6 Å². The molecule has 7 nitrogen and oxygen atoms in total. The van der Waals surface area contributed by atoms with Gasteiger partial charge in [0.05, 0.1) is 27.8 Å². The number of amides is 1. The van der Waals surface area contributed by atoms with Gasteiger partial charge in [0, 0.05) is 31.2 Å². The minimum absolute atomic E-state index is 0.0127. The van der Waals surface area contributed by atoms with Gasteiger partial charge in [-0.3, -0.25) is 9.69 Å². The molecule has 1 aliphatic carbocycles. The highest BCUT2D eigenvalue weighted by Gasteiger charge is 2.34. The summed E-state index contributed by atoms with van der Waals surface area (Å²) in [6, 6.07) is 2.48. The number of carbonyl (C=O) groups is 1. The number of nitrogens with zero attached hydrogens (tertiary/aromatic N) is 1. The number of benzene rings is 1. The Bertz CT molecular complexity index is 909. The predicted octanol–water partition coefficient (Wildman–Crippen LogP) is 3.05. The van der Waals surface area contributed by atoms with Crippen LogP contribution in [-0.4, -0.2) is 62.6 Å².